The van der Waals surface area contributed by atoms with Gasteiger partial charge in [-0.1, -0.05) is 0 Å². The molecule has 0 aromatic heterocycles. The average Bonchev–Trinajstić information content (AvgIpc) is 2.21. The van der Waals surface area contributed by atoms with Gasteiger partial charge in [-0.15, -0.1) is 0 Å². The van der Waals surface area contributed by atoms with Crippen molar-refractivity contribution < 1.29 is 67.1 Å². The zero-order chi connectivity index (χ0) is 4.41. The maximum Gasteiger partial charge on any atom is 1.00 e. The van der Waals surface area contributed by atoms with Crippen LogP contribution in [0.1, 0.15) is 1.43 Å². The number of carbonyl (C=O) groups is 1. The summed E-state index contributed by atoms with van der Waals surface area (Å²) < 4.78 is 8.75. The van der Waals surface area contributed by atoms with Crippen molar-refractivity contribution in [2.45, 2.75) is 6.29 Å². The zero-order valence-corrected chi connectivity index (χ0v) is 7.21. The van der Waals surface area contributed by atoms with Crippen LogP contribution in [-0.2, 0) is 14.3 Å². The van der Waals surface area contributed by atoms with Crippen molar-refractivity contribution >= 4 is 6.47 Å². The van der Waals surface area contributed by atoms with Gasteiger partial charge in [-0.3, -0.25) is 4.79 Å². The van der Waals surface area contributed by atoms with Gasteiger partial charge in [-0.25, -0.2) is 0 Å². The number of rotatable bonds is 2. The van der Waals surface area contributed by atoms with E-state index in [1.165, 1.54) is 0 Å². The Bertz CT molecular complexity index is 65.5. The molecular weight excluding hydrogens is 123 g/mol. The molecule has 1 atom stereocenters. The van der Waals surface area contributed by atoms with Gasteiger partial charge >= 0.3 is 51.4 Å². The van der Waals surface area contributed by atoms with Gasteiger partial charge in [-0.2, -0.15) is 0 Å². The summed E-state index contributed by atoms with van der Waals surface area (Å²) in [4.78, 5) is 9.35. The molecule has 0 aliphatic carbocycles. The largest absolute Gasteiger partial charge is 1.00 e. The fraction of sp³-hybridized carbons (Fsp3) is 0.667. The van der Waals surface area contributed by atoms with Gasteiger partial charge in [0.2, 0.25) is 6.29 Å². The predicted octanol–water partition coefficient (Wildman–Crippen LogP) is -3.37. The van der Waals surface area contributed by atoms with E-state index >= 15 is 0 Å². The Morgan fingerprint density at radius 3 is 2.71 bits per heavy atom. The molecule has 1 heterocycles. The Labute approximate surface area is 85.3 Å². The molecule has 0 amide bonds. The van der Waals surface area contributed by atoms with Gasteiger partial charge in [0.25, 0.3) is 6.47 Å². The Hall–Kier alpha value is 1.07. The molecule has 1 fully saturated rings. The molecule has 0 saturated carbocycles. The second-order valence-electron chi connectivity index (χ2n) is 0.995. The number of hydrogen-bond donors (Lipinski definition) is 0. The van der Waals surface area contributed by atoms with Crippen LogP contribution >= 0.6 is 0 Å². The minimum absolute atomic E-state index is 0. The Balaban J connectivity index is 0. The van der Waals surface area contributed by atoms with E-state index < -0.39 is 0 Å². The first-order valence-electron chi connectivity index (χ1n) is 1.64. The quantitative estimate of drug-likeness (QED) is 0.221. The number of carbonyl (C=O) groups excluding carboxylic acids is 1. The molecule has 1 rings (SSSR count). The van der Waals surface area contributed by atoms with Gasteiger partial charge in [-0.05, 0) is 0 Å². The monoisotopic (exact) mass is 128 g/mol. The van der Waals surface area contributed by atoms with E-state index in [0.29, 0.717) is 13.1 Å². The third-order valence-corrected chi connectivity index (χ3v) is 0.510. The minimum atomic E-state index is -0.220. The Morgan fingerprint density at radius 1 is 2.00 bits per heavy atom. The topological polar surface area (TPSA) is 38.8 Å². The SMILES string of the molecule is O=COC1CO1.[H-].[K+]. The van der Waals surface area contributed by atoms with Crippen LogP contribution in [0.4, 0.5) is 0 Å². The van der Waals surface area contributed by atoms with E-state index in [9.17, 15) is 4.79 Å². The number of epoxide rings is 1. The molecule has 7 heavy (non-hydrogen) atoms. The molecule has 0 N–H and O–H groups in total. The molecule has 0 aromatic carbocycles. The van der Waals surface area contributed by atoms with Gasteiger partial charge in [0.15, 0.2) is 0 Å². The van der Waals surface area contributed by atoms with Crippen molar-refractivity contribution in [2.24, 2.45) is 0 Å². The van der Waals surface area contributed by atoms with Crippen molar-refractivity contribution in [1.29, 1.82) is 0 Å². The van der Waals surface area contributed by atoms with Crippen molar-refractivity contribution in [1.82, 2.24) is 0 Å². The Kier molecular flexibility index (Phi) is 4.61. The summed E-state index contributed by atoms with van der Waals surface area (Å²) in [5.74, 6) is 0. The second-order valence-corrected chi connectivity index (χ2v) is 0.995. The van der Waals surface area contributed by atoms with Crippen molar-refractivity contribution in [3.05, 3.63) is 0 Å². The standard InChI is InChI=1S/C3H4O3.K.H/c4-2-6-3-1-5-3;;/h2-3H,1H2;;/q;+1;-1. The summed E-state index contributed by atoms with van der Waals surface area (Å²) in [6, 6.07) is 0. The molecule has 1 aliphatic heterocycles. The van der Waals surface area contributed by atoms with Crippen LogP contribution in [0.5, 0.6) is 0 Å². The maximum absolute atomic E-state index is 9.35. The Morgan fingerprint density at radius 2 is 2.57 bits per heavy atom. The summed E-state index contributed by atoms with van der Waals surface area (Å²) in [6.45, 7) is 0.955. The van der Waals surface area contributed by atoms with Crippen LogP contribution in [0.3, 0.4) is 0 Å². The van der Waals surface area contributed by atoms with Gasteiger partial charge in [0, 0.05) is 0 Å². The van der Waals surface area contributed by atoms with Gasteiger partial charge in [0.1, 0.15) is 6.61 Å². The predicted molar refractivity (Wildman–Crippen MR) is 18.0 cm³/mol. The first-order chi connectivity index (χ1) is 2.93. The van der Waals surface area contributed by atoms with Crippen LogP contribution in [0, 0.1) is 0 Å². The number of ether oxygens (including phenoxy) is 2. The molecule has 0 spiro atoms. The smallest absolute Gasteiger partial charge is 1.00 e. The third kappa shape index (κ3) is 3.63. The van der Waals surface area contributed by atoms with Crippen LogP contribution in [0.25, 0.3) is 0 Å². The summed E-state index contributed by atoms with van der Waals surface area (Å²) in [5.41, 5.74) is 0. The summed E-state index contributed by atoms with van der Waals surface area (Å²) in [5, 5.41) is 0. The molecule has 1 aliphatic rings. The second kappa shape index (κ2) is 4.00. The first kappa shape index (κ1) is 8.07. The molecule has 4 heteroatoms. The summed E-state index contributed by atoms with van der Waals surface area (Å²) in [6.07, 6.45) is -0.220. The fourth-order valence-electron chi connectivity index (χ4n) is 0.180. The van der Waals surface area contributed by atoms with E-state index in [4.69, 9.17) is 0 Å². The van der Waals surface area contributed by atoms with E-state index in [0.717, 1.165) is 0 Å². The van der Waals surface area contributed by atoms with E-state index in [1.54, 1.807) is 0 Å². The molecular formula is C3H5KO3. The minimum Gasteiger partial charge on any atom is -1.00 e. The zero-order valence-electron chi connectivity index (χ0n) is 5.09. The summed E-state index contributed by atoms with van der Waals surface area (Å²) in [7, 11) is 0. The number of hydrogen-bond acceptors (Lipinski definition) is 3. The maximum atomic E-state index is 9.35. The molecule has 1 unspecified atom stereocenters. The molecule has 1 saturated heterocycles. The van der Waals surface area contributed by atoms with E-state index in [-0.39, 0.29) is 59.1 Å². The van der Waals surface area contributed by atoms with Crippen LogP contribution in [0.15, 0.2) is 0 Å². The normalized spacial score (nSPS) is 24.9. The van der Waals surface area contributed by atoms with E-state index in [2.05, 4.69) is 9.47 Å². The van der Waals surface area contributed by atoms with Gasteiger partial charge in [0.05, 0.1) is 0 Å². The van der Waals surface area contributed by atoms with E-state index in [1.807, 2.05) is 0 Å². The molecule has 36 valence electrons. The van der Waals surface area contributed by atoms with Crippen LogP contribution in [0.2, 0.25) is 0 Å². The van der Waals surface area contributed by atoms with Crippen LogP contribution in [-0.4, -0.2) is 19.4 Å². The molecule has 0 radical (unpaired) electrons. The fourth-order valence-corrected chi connectivity index (χ4v) is 0.180. The van der Waals surface area contributed by atoms with Crippen LogP contribution < -0.4 is 51.4 Å². The molecule has 0 aromatic rings. The van der Waals surface area contributed by atoms with Gasteiger partial charge < -0.3 is 10.9 Å². The average molecular weight is 128 g/mol. The van der Waals surface area contributed by atoms with Crippen molar-refractivity contribution in [3.63, 3.8) is 0 Å². The summed E-state index contributed by atoms with van der Waals surface area (Å²) >= 11 is 0. The van der Waals surface area contributed by atoms with Crippen molar-refractivity contribution in [3.8, 4) is 0 Å². The molecule has 3 nitrogen and oxygen atoms in total. The first-order valence-corrected chi connectivity index (χ1v) is 1.64. The van der Waals surface area contributed by atoms with Crippen molar-refractivity contribution in [2.75, 3.05) is 6.61 Å². The molecule has 0 bridgehead atoms. The third-order valence-electron chi connectivity index (χ3n) is 0.510.